The number of carbonyl (C=O) groups is 1. The molecule has 2 aliphatic heterocycles. The molecular formula is C24H38FN5O. The Kier molecular flexibility index (Phi) is 7.43. The Morgan fingerprint density at radius 2 is 1.87 bits per heavy atom. The van der Waals surface area contributed by atoms with E-state index in [1.54, 1.807) is 6.92 Å². The highest BCUT2D eigenvalue weighted by molar-refractivity contribution is 5.92. The van der Waals surface area contributed by atoms with Gasteiger partial charge in [0.15, 0.2) is 0 Å². The third-order valence-corrected chi connectivity index (χ3v) is 7.33. The Morgan fingerprint density at radius 1 is 1.10 bits per heavy atom. The van der Waals surface area contributed by atoms with Crippen LogP contribution < -0.4 is 10.2 Å². The number of piperidine rings is 1. The van der Waals surface area contributed by atoms with E-state index < -0.39 is 6.17 Å². The molecule has 2 atom stereocenters. The summed E-state index contributed by atoms with van der Waals surface area (Å²) in [6.07, 6.45) is 5.01. The number of aromatic nitrogens is 1. The summed E-state index contributed by atoms with van der Waals surface area (Å²) in [5, 5.41) is 3.02. The number of halogens is 1. The van der Waals surface area contributed by atoms with Gasteiger partial charge in [-0.3, -0.25) is 14.6 Å². The summed E-state index contributed by atoms with van der Waals surface area (Å²) >= 11 is 0. The van der Waals surface area contributed by atoms with Crippen molar-refractivity contribution in [1.82, 2.24) is 20.1 Å². The van der Waals surface area contributed by atoms with Crippen LogP contribution in [-0.2, 0) is 0 Å². The fraction of sp³-hybridized carbons (Fsp3) is 0.750. The van der Waals surface area contributed by atoms with E-state index in [1.165, 1.54) is 12.8 Å². The second-order valence-corrected chi connectivity index (χ2v) is 9.60. The molecular weight excluding hydrogens is 393 g/mol. The highest BCUT2D eigenvalue weighted by Gasteiger charge is 2.30. The summed E-state index contributed by atoms with van der Waals surface area (Å²) in [7, 11) is 0. The minimum absolute atomic E-state index is 0.0143. The molecule has 2 saturated heterocycles. The standard InChI is InChI=1S/C24H38FN5O/c1-18(25)19(2)28-13-9-21(10-14-28)29-11-4-12-30(16-15-29)23-6-3-5-22(27-23)24(31)26-17-20-7-8-20/h3,5-6,18-21H,4,7-17H2,1-2H3,(H,26,31). The largest absolute Gasteiger partial charge is 0.355 e. The fourth-order valence-corrected chi connectivity index (χ4v) is 4.86. The number of rotatable bonds is 7. The Labute approximate surface area is 186 Å². The number of hydrogen-bond donors (Lipinski definition) is 1. The molecule has 3 aliphatic rings. The Hall–Kier alpha value is -1.73. The summed E-state index contributed by atoms with van der Waals surface area (Å²) in [5.41, 5.74) is 0.517. The van der Waals surface area contributed by atoms with E-state index in [-0.39, 0.29) is 11.9 Å². The number of likely N-dealkylation sites (tertiary alicyclic amines) is 1. The van der Waals surface area contributed by atoms with Crippen LogP contribution >= 0.6 is 0 Å². The van der Waals surface area contributed by atoms with Gasteiger partial charge in [-0.2, -0.15) is 0 Å². The van der Waals surface area contributed by atoms with Crippen LogP contribution in [0.5, 0.6) is 0 Å². The molecule has 172 valence electrons. The smallest absolute Gasteiger partial charge is 0.269 e. The molecule has 1 aromatic rings. The van der Waals surface area contributed by atoms with Gasteiger partial charge in [0, 0.05) is 57.9 Å². The number of carbonyl (C=O) groups excluding carboxylic acids is 1. The Balaban J connectivity index is 1.29. The van der Waals surface area contributed by atoms with Crippen LogP contribution in [0.1, 0.15) is 56.4 Å². The summed E-state index contributed by atoms with van der Waals surface area (Å²) in [6, 6.07) is 6.37. The maximum atomic E-state index is 13.7. The Morgan fingerprint density at radius 3 is 2.58 bits per heavy atom. The normalized spacial score (nSPS) is 23.9. The number of nitrogens with one attached hydrogen (secondary N) is 1. The van der Waals surface area contributed by atoms with E-state index in [4.69, 9.17) is 0 Å². The molecule has 1 N–H and O–H groups in total. The highest BCUT2D eigenvalue weighted by Crippen LogP contribution is 2.27. The minimum Gasteiger partial charge on any atom is -0.355 e. The van der Waals surface area contributed by atoms with Crippen molar-refractivity contribution in [2.75, 3.05) is 50.7 Å². The first kappa shape index (κ1) is 22.5. The van der Waals surface area contributed by atoms with Gasteiger partial charge in [-0.05, 0) is 64.0 Å². The molecule has 1 aliphatic carbocycles. The second kappa shape index (κ2) is 10.3. The van der Waals surface area contributed by atoms with E-state index in [0.29, 0.717) is 17.7 Å². The molecule has 0 spiro atoms. The van der Waals surface area contributed by atoms with E-state index in [1.807, 2.05) is 25.1 Å². The van der Waals surface area contributed by atoms with Gasteiger partial charge < -0.3 is 10.2 Å². The van der Waals surface area contributed by atoms with Crippen molar-refractivity contribution in [2.24, 2.45) is 5.92 Å². The van der Waals surface area contributed by atoms with E-state index >= 15 is 0 Å². The average molecular weight is 432 g/mol. The molecule has 31 heavy (non-hydrogen) atoms. The van der Waals surface area contributed by atoms with Gasteiger partial charge in [0.05, 0.1) is 0 Å². The van der Waals surface area contributed by atoms with Gasteiger partial charge in [-0.15, -0.1) is 0 Å². The van der Waals surface area contributed by atoms with Crippen molar-refractivity contribution in [1.29, 1.82) is 0 Å². The van der Waals surface area contributed by atoms with E-state index in [9.17, 15) is 9.18 Å². The lowest BCUT2D eigenvalue weighted by Crippen LogP contribution is -2.50. The molecule has 3 fully saturated rings. The van der Waals surface area contributed by atoms with Crippen LogP contribution in [0.15, 0.2) is 18.2 Å². The summed E-state index contributed by atoms with van der Waals surface area (Å²) in [6.45, 7) is 10.4. The van der Waals surface area contributed by atoms with Crippen LogP contribution in [0, 0.1) is 5.92 Å². The number of nitrogens with zero attached hydrogens (tertiary/aromatic N) is 4. The lowest BCUT2D eigenvalue weighted by Gasteiger charge is -2.40. The topological polar surface area (TPSA) is 51.7 Å². The zero-order valence-electron chi connectivity index (χ0n) is 19.1. The van der Waals surface area contributed by atoms with Crippen molar-refractivity contribution in [3.05, 3.63) is 23.9 Å². The summed E-state index contributed by atoms with van der Waals surface area (Å²) < 4.78 is 13.7. The molecule has 6 nitrogen and oxygen atoms in total. The number of amides is 1. The van der Waals surface area contributed by atoms with Crippen molar-refractivity contribution >= 4 is 11.7 Å². The molecule has 4 rings (SSSR count). The lowest BCUT2D eigenvalue weighted by atomic mass is 10.0. The van der Waals surface area contributed by atoms with Crippen LogP contribution in [0.2, 0.25) is 0 Å². The van der Waals surface area contributed by atoms with Gasteiger partial charge in [0.25, 0.3) is 5.91 Å². The van der Waals surface area contributed by atoms with Crippen molar-refractivity contribution in [3.63, 3.8) is 0 Å². The highest BCUT2D eigenvalue weighted by atomic mass is 19.1. The molecule has 3 heterocycles. The molecule has 1 amide bonds. The molecule has 1 saturated carbocycles. The summed E-state index contributed by atoms with van der Waals surface area (Å²) in [5.74, 6) is 1.51. The monoisotopic (exact) mass is 431 g/mol. The fourth-order valence-electron chi connectivity index (χ4n) is 4.86. The zero-order chi connectivity index (χ0) is 21.8. The number of hydrogen-bond acceptors (Lipinski definition) is 5. The summed E-state index contributed by atoms with van der Waals surface area (Å²) in [4.78, 5) is 24.3. The maximum absolute atomic E-state index is 13.7. The lowest BCUT2D eigenvalue weighted by molar-refractivity contribution is 0.0648. The predicted molar refractivity (Wildman–Crippen MR) is 122 cm³/mol. The van der Waals surface area contributed by atoms with Crippen LogP contribution in [0.3, 0.4) is 0 Å². The van der Waals surface area contributed by atoms with E-state index in [0.717, 1.165) is 70.9 Å². The second-order valence-electron chi connectivity index (χ2n) is 9.60. The number of anilines is 1. The third kappa shape index (κ3) is 5.95. The Bertz CT molecular complexity index is 732. The van der Waals surface area contributed by atoms with Crippen molar-refractivity contribution < 1.29 is 9.18 Å². The molecule has 0 aromatic carbocycles. The van der Waals surface area contributed by atoms with E-state index in [2.05, 4.69) is 25.0 Å². The average Bonchev–Trinajstić information content (AvgIpc) is 3.64. The van der Waals surface area contributed by atoms with Gasteiger partial charge in [0.2, 0.25) is 0 Å². The quantitative estimate of drug-likeness (QED) is 0.719. The minimum atomic E-state index is -0.776. The molecule has 2 unspecified atom stereocenters. The third-order valence-electron chi connectivity index (χ3n) is 7.33. The molecule has 1 aromatic heterocycles. The first-order chi connectivity index (χ1) is 15.0. The zero-order valence-corrected chi connectivity index (χ0v) is 19.1. The SMILES string of the molecule is CC(F)C(C)N1CCC(N2CCCN(c3cccc(C(=O)NCC4CC4)n3)CC2)CC1. The molecule has 7 heteroatoms. The van der Waals surface area contributed by atoms with Gasteiger partial charge in [-0.1, -0.05) is 6.07 Å². The first-order valence-corrected chi connectivity index (χ1v) is 12.1. The van der Waals surface area contributed by atoms with Crippen LogP contribution in [-0.4, -0.2) is 84.8 Å². The van der Waals surface area contributed by atoms with Crippen molar-refractivity contribution in [3.8, 4) is 0 Å². The first-order valence-electron chi connectivity index (χ1n) is 12.1. The van der Waals surface area contributed by atoms with Crippen LogP contribution in [0.25, 0.3) is 0 Å². The molecule has 0 bridgehead atoms. The molecule has 0 radical (unpaired) electrons. The van der Waals surface area contributed by atoms with Gasteiger partial charge in [0.1, 0.15) is 17.7 Å². The van der Waals surface area contributed by atoms with Crippen LogP contribution in [0.4, 0.5) is 10.2 Å². The number of alkyl halides is 1. The van der Waals surface area contributed by atoms with Crippen molar-refractivity contribution in [2.45, 2.75) is 64.2 Å². The van der Waals surface area contributed by atoms with Gasteiger partial charge >= 0.3 is 0 Å². The maximum Gasteiger partial charge on any atom is 0.269 e. The van der Waals surface area contributed by atoms with Gasteiger partial charge in [-0.25, -0.2) is 9.37 Å². The number of pyridine rings is 1. The predicted octanol–water partition coefficient (Wildman–Crippen LogP) is 2.94.